The minimum absolute atomic E-state index is 0.104. The third kappa shape index (κ3) is 4.20. The fourth-order valence-electron chi connectivity index (χ4n) is 2.75. The van der Waals surface area contributed by atoms with Gasteiger partial charge in [0.25, 0.3) is 5.91 Å². The number of piperazine rings is 1. The lowest BCUT2D eigenvalue weighted by Gasteiger charge is -2.40. The number of carbonyl (C=O) groups is 2. The molecular formula is C15H24N4O2S. The Labute approximate surface area is 135 Å². The van der Waals surface area contributed by atoms with Gasteiger partial charge in [-0.2, -0.15) is 0 Å². The van der Waals surface area contributed by atoms with E-state index in [0.717, 1.165) is 19.5 Å². The molecule has 122 valence electrons. The molecule has 1 atom stereocenters. The van der Waals surface area contributed by atoms with Crippen molar-refractivity contribution in [1.29, 1.82) is 0 Å². The first-order chi connectivity index (χ1) is 10.4. The molecule has 1 aliphatic rings. The maximum Gasteiger partial charge on any atom is 0.322 e. The molecule has 1 unspecified atom stereocenters. The second-order valence-corrected chi connectivity index (χ2v) is 7.14. The Bertz CT molecular complexity index is 541. The van der Waals surface area contributed by atoms with Gasteiger partial charge in [0.15, 0.2) is 0 Å². The first kappa shape index (κ1) is 16.8. The van der Waals surface area contributed by atoms with Crippen LogP contribution in [0.2, 0.25) is 0 Å². The topological polar surface area (TPSA) is 78.7 Å². The third-order valence-corrected chi connectivity index (χ3v) is 4.73. The highest BCUT2D eigenvalue weighted by atomic mass is 32.1. The normalized spacial score (nSPS) is 19.5. The number of carbonyl (C=O) groups excluding carboxylic acids is 2. The van der Waals surface area contributed by atoms with Crippen molar-refractivity contribution < 1.29 is 9.59 Å². The molecule has 0 aliphatic carbocycles. The Morgan fingerprint density at radius 3 is 2.77 bits per heavy atom. The Hall–Kier alpha value is -1.60. The fourth-order valence-corrected chi connectivity index (χ4v) is 3.44. The molecule has 0 radical (unpaired) electrons. The van der Waals surface area contributed by atoms with Crippen molar-refractivity contribution in [2.45, 2.75) is 26.3 Å². The highest BCUT2D eigenvalue weighted by molar-refractivity contribution is 7.12. The first-order valence-corrected chi connectivity index (χ1v) is 8.39. The molecule has 2 rings (SSSR count). The molecule has 0 saturated carbocycles. The molecule has 0 bridgehead atoms. The second-order valence-electron chi connectivity index (χ2n) is 6.23. The Morgan fingerprint density at radius 1 is 1.45 bits per heavy atom. The second kappa shape index (κ2) is 7.11. The van der Waals surface area contributed by atoms with Crippen LogP contribution in [-0.2, 0) is 0 Å². The number of thiophene rings is 1. The molecule has 1 fully saturated rings. The van der Waals surface area contributed by atoms with Crippen molar-refractivity contribution >= 4 is 29.0 Å². The Kier molecular flexibility index (Phi) is 5.42. The molecule has 6 nitrogen and oxygen atoms in total. The van der Waals surface area contributed by atoms with E-state index in [1.807, 2.05) is 4.90 Å². The molecule has 22 heavy (non-hydrogen) atoms. The van der Waals surface area contributed by atoms with Crippen LogP contribution in [0.1, 0.15) is 29.9 Å². The van der Waals surface area contributed by atoms with Crippen LogP contribution in [0.15, 0.2) is 11.4 Å². The average Bonchev–Trinajstić information content (AvgIpc) is 2.86. The molecule has 1 aromatic heterocycles. The van der Waals surface area contributed by atoms with Crippen molar-refractivity contribution in [3.8, 4) is 0 Å². The van der Waals surface area contributed by atoms with Gasteiger partial charge in [0.2, 0.25) is 0 Å². The smallest absolute Gasteiger partial charge is 0.322 e. The number of nitrogens with one attached hydrogen (secondary N) is 1. The van der Waals surface area contributed by atoms with Crippen molar-refractivity contribution in [2.75, 3.05) is 32.0 Å². The van der Waals surface area contributed by atoms with Crippen LogP contribution in [0.3, 0.4) is 0 Å². The van der Waals surface area contributed by atoms with Gasteiger partial charge in [-0.25, -0.2) is 4.79 Å². The molecule has 1 aromatic rings. The Balaban J connectivity index is 2.03. The summed E-state index contributed by atoms with van der Waals surface area (Å²) in [5.41, 5.74) is 5.87. The lowest BCUT2D eigenvalue weighted by Crippen LogP contribution is -2.55. The van der Waals surface area contributed by atoms with E-state index in [9.17, 15) is 9.59 Å². The average molecular weight is 324 g/mol. The molecule has 3 N–H and O–H groups in total. The van der Waals surface area contributed by atoms with E-state index in [1.54, 1.807) is 11.4 Å². The summed E-state index contributed by atoms with van der Waals surface area (Å²) in [4.78, 5) is 28.3. The van der Waals surface area contributed by atoms with Crippen molar-refractivity contribution in [2.24, 2.45) is 11.7 Å². The van der Waals surface area contributed by atoms with Gasteiger partial charge in [-0.1, -0.05) is 13.8 Å². The van der Waals surface area contributed by atoms with E-state index in [0.29, 0.717) is 23.0 Å². The quantitative estimate of drug-likeness (QED) is 0.889. The number of amides is 3. The zero-order valence-corrected chi connectivity index (χ0v) is 14.2. The summed E-state index contributed by atoms with van der Waals surface area (Å²) in [5, 5.41) is 4.62. The first-order valence-electron chi connectivity index (χ1n) is 7.51. The van der Waals surface area contributed by atoms with Crippen LogP contribution < -0.4 is 11.1 Å². The van der Waals surface area contributed by atoms with Gasteiger partial charge in [-0.15, -0.1) is 11.3 Å². The number of hydrogen-bond donors (Lipinski definition) is 2. The van der Waals surface area contributed by atoms with Crippen LogP contribution in [0.5, 0.6) is 0 Å². The van der Waals surface area contributed by atoms with Crippen LogP contribution in [0, 0.1) is 5.92 Å². The van der Waals surface area contributed by atoms with Gasteiger partial charge in [-0.3, -0.25) is 4.79 Å². The van der Waals surface area contributed by atoms with Crippen molar-refractivity contribution in [1.82, 2.24) is 9.80 Å². The third-order valence-electron chi connectivity index (χ3n) is 3.78. The molecule has 1 saturated heterocycles. The molecule has 0 spiro atoms. The van der Waals surface area contributed by atoms with E-state index in [4.69, 9.17) is 5.73 Å². The molecule has 7 heteroatoms. The lowest BCUT2D eigenvalue weighted by molar-refractivity contribution is 0.100. The van der Waals surface area contributed by atoms with E-state index >= 15 is 0 Å². The van der Waals surface area contributed by atoms with E-state index in [2.05, 4.69) is 31.1 Å². The molecular weight excluding hydrogens is 300 g/mol. The van der Waals surface area contributed by atoms with E-state index < -0.39 is 5.91 Å². The summed E-state index contributed by atoms with van der Waals surface area (Å²) in [6.07, 6.45) is 0.980. The van der Waals surface area contributed by atoms with E-state index in [-0.39, 0.29) is 12.1 Å². The number of nitrogens with two attached hydrogens (primary N) is 1. The van der Waals surface area contributed by atoms with Crippen LogP contribution in [-0.4, -0.2) is 54.5 Å². The molecule has 2 heterocycles. The van der Waals surface area contributed by atoms with Crippen molar-refractivity contribution in [3.05, 3.63) is 16.3 Å². The van der Waals surface area contributed by atoms with Crippen LogP contribution >= 0.6 is 11.3 Å². The minimum Gasteiger partial charge on any atom is -0.365 e. The molecule has 1 aliphatic heterocycles. The van der Waals surface area contributed by atoms with Gasteiger partial charge < -0.3 is 20.9 Å². The number of anilines is 1. The maximum absolute atomic E-state index is 12.5. The maximum atomic E-state index is 12.5. The summed E-state index contributed by atoms with van der Waals surface area (Å²) in [7, 11) is 2.08. The zero-order chi connectivity index (χ0) is 16.3. The van der Waals surface area contributed by atoms with Gasteiger partial charge in [0.1, 0.15) is 0 Å². The highest BCUT2D eigenvalue weighted by Crippen LogP contribution is 2.21. The summed E-state index contributed by atoms with van der Waals surface area (Å²) < 4.78 is 0. The van der Waals surface area contributed by atoms with Gasteiger partial charge in [-0.05, 0) is 25.5 Å². The highest BCUT2D eigenvalue weighted by Gasteiger charge is 2.29. The standard InChI is InChI=1S/C15H24N4O2S/c1-10(2)6-12-8-18(3)4-5-19(12)15(21)17-11-7-13(14(16)20)22-9-11/h7,9-10,12H,4-6,8H2,1-3H3,(H2,16,20)(H,17,21). The Morgan fingerprint density at radius 2 is 2.18 bits per heavy atom. The minimum atomic E-state index is -0.470. The number of rotatable bonds is 4. The lowest BCUT2D eigenvalue weighted by atomic mass is 10.0. The van der Waals surface area contributed by atoms with E-state index in [1.165, 1.54) is 11.3 Å². The summed E-state index contributed by atoms with van der Waals surface area (Å²) in [6, 6.07) is 1.74. The zero-order valence-electron chi connectivity index (χ0n) is 13.3. The SMILES string of the molecule is CC(C)CC1CN(C)CCN1C(=O)Nc1csc(C(N)=O)c1. The van der Waals surface area contributed by atoms with Gasteiger partial charge >= 0.3 is 6.03 Å². The summed E-state index contributed by atoms with van der Waals surface area (Å²) in [6.45, 7) is 6.82. The largest absolute Gasteiger partial charge is 0.365 e. The van der Waals surface area contributed by atoms with Crippen LogP contribution in [0.25, 0.3) is 0 Å². The van der Waals surface area contributed by atoms with Crippen LogP contribution in [0.4, 0.5) is 10.5 Å². The molecule has 0 aromatic carbocycles. The summed E-state index contributed by atoms with van der Waals surface area (Å²) in [5.74, 6) is 0.0668. The molecule has 3 amide bonds. The number of primary amides is 1. The predicted octanol–water partition coefficient (Wildman–Crippen LogP) is 2.04. The van der Waals surface area contributed by atoms with Gasteiger partial charge in [0, 0.05) is 31.1 Å². The monoisotopic (exact) mass is 324 g/mol. The number of likely N-dealkylation sites (N-methyl/N-ethyl adjacent to an activating group) is 1. The number of hydrogen-bond acceptors (Lipinski definition) is 4. The fraction of sp³-hybridized carbons (Fsp3) is 0.600. The van der Waals surface area contributed by atoms with Crippen molar-refractivity contribution in [3.63, 3.8) is 0 Å². The van der Waals surface area contributed by atoms with Gasteiger partial charge in [0.05, 0.1) is 10.6 Å². The number of urea groups is 1. The predicted molar refractivity (Wildman–Crippen MR) is 89.3 cm³/mol. The summed E-state index contributed by atoms with van der Waals surface area (Å²) >= 11 is 1.24. The number of nitrogens with zero attached hydrogens (tertiary/aromatic N) is 2.